The van der Waals surface area contributed by atoms with Crippen LogP contribution in [0.3, 0.4) is 0 Å². The molecule has 21 heavy (non-hydrogen) atoms. The molecule has 1 aromatic heterocycles. The molecule has 0 radical (unpaired) electrons. The molecule has 3 atom stereocenters. The van der Waals surface area contributed by atoms with Crippen LogP contribution in [0.15, 0.2) is 0 Å². The fourth-order valence-corrected chi connectivity index (χ4v) is 5.00. The average molecular weight is 330 g/mol. The number of anilines is 2. The lowest BCUT2D eigenvalue weighted by molar-refractivity contribution is -0.117. The third kappa shape index (κ3) is 3.70. The normalized spacial score (nSPS) is 27.8. The Kier molecular flexibility index (Phi) is 3.87. The van der Waals surface area contributed by atoms with Crippen LogP contribution in [0.4, 0.5) is 10.3 Å². The topological polar surface area (TPSA) is 101 Å². The summed E-state index contributed by atoms with van der Waals surface area (Å²) in [5.74, 6) is 1.96. The Morgan fingerprint density at radius 1 is 1.29 bits per heavy atom. The van der Waals surface area contributed by atoms with Crippen molar-refractivity contribution in [3.05, 3.63) is 0 Å². The fourth-order valence-electron chi connectivity index (χ4n) is 3.51. The SMILES string of the molecule is CS(=O)(=O)Nc1nnc(NC(=O)C[C@@H]2C[C@H]3CC[C@H]2C3)s1. The third-order valence-corrected chi connectivity index (χ3v) is 5.72. The molecular weight excluding hydrogens is 312 g/mol. The van der Waals surface area contributed by atoms with Crippen molar-refractivity contribution in [1.29, 1.82) is 0 Å². The average Bonchev–Trinajstić information content (AvgIpc) is 3.04. The predicted octanol–water partition coefficient (Wildman–Crippen LogP) is 1.67. The van der Waals surface area contributed by atoms with Crippen LogP contribution in [0.5, 0.6) is 0 Å². The van der Waals surface area contributed by atoms with Gasteiger partial charge in [-0.3, -0.25) is 9.52 Å². The van der Waals surface area contributed by atoms with Gasteiger partial charge >= 0.3 is 0 Å². The number of nitrogens with one attached hydrogen (secondary N) is 2. The van der Waals surface area contributed by atoms with E-state index < -0.39 is 10.0 Å². The van der Waals surface area contributed by atoms with Crippen LogP contribution in [-0.2, 0) is 14.8 Å². The van der Waals surface area contributed by atoms with E-state index in [0.29, 0.717) is 23.4 Å². The standard InChI is InChI=1S/C12H18N4O3S2/c1-21(18,19)16-12-15-14-11(20-12)13-10(17)6-9-5-7-2-3-8(9)4-7/h7-9H,2-6H2,1H3,(H,15,16)(H,13,14,17)/t7-,8-,9-/m0/s1. The highest BCUT2D eigenvalue weighted by molar-refractivity contribution is 7.92. The van der Waals surface area contributed by atoms with Crippen molar-refractivity contribution in [2.45, 2.75) is 32.1 Å². The summed E-state index contributed by atoms with van der Waals surface area (Å²) in [6, 6.07) is 0. The molecule has 0 aliphatic heterocycles. The highest BCUT2D eigenvalue weighted by atomic mass is 32.2. The lowest BCUT2D eigenvalue weighted by Gasteiger charge is -2.20. The molecule has 1 aromatic rings. The van der Waals surface area contributed by atoms with Crippen molar-refractivity contribution < 1.29 is 13.2 Å². The van der Waals surface area contributed by atoms with Crippen LogP contribution >= 0.6 is 11.3 Å². The molecule has 2 N–H and O–H groups in total. The van der Waals surface area contributed by atoms with Crippen LogP contribution in [-0.4, -0.2) is 30.8 Å². The number of amides is 1. The number of carbonyl (C=O) groups excluding carboxylic acids is 1. The first kappa shape index (κ1) is 14.7. The summed E-state index contributed by atoms with van der Waals surface area (Å²) >= 11 is 1.02. The molecule has 2 saturated carbocycles. The number of rotatable bonds is 5. The van der Waals surface area contributed by atoms with Gasteiger partial charge in [-0.15, -0.1) is 10.2 Å². The second kappa shape index (κ2) is 5.53. The Bertz CT molecular complexity index is 643. The van der Waals surface area contributed by atoms with Gasteiger partial charge in [-0.1, -0.05) is 17.8 Å². The summed E-state index contributed by atoms with van der Waals surface area (Å²) in [5, 5.41) is 10.7. The van der Waals surface area contributed by atoms with Crippen LogP contribution in [0.1, 0.15) is 32.1 Å². The van der Waals surface area contributed by atoms with Crippen molar-refractivity contribution in [2.75, 3.05) is 16.3 Å². The first-order chi connectivity index (χ1) is 9.89. The Morgan fingerprint density at radius 3 is 2.67 bits per heavy atom. The van der Waals surface area contributed by atoms with E-state index in [0.717, 1.165) is 29.9 Å². The molecule has 2 fully saturated rings. The number of sulfonamides is 1. The van der Waals surface area contributed by atoms with Crippen LogP contribution in [0, 0.1) is 17.8 Å². The highest BCUT2D eigenvalue weighted by Crippen LogP contribution is 2.49. The summed E-state index contributed by atoms with van der Waals surface area (Å²) in [7, 11) is -3.37. The molecule has 7 nitrogen and oxygen atoms in total. The van der Waals surface area contributed by atoms with E-state index in [1.54, 1.807) is 0 Å². The first-order valence-electron chi connectivity index (χ1n) is 7.00. The van der Waals surface area contributed by atoms with Crippen LogP contribution < -0.4 is 10.0 Å². The molecule has 0 spiro atoms. The van der Waals surface area contributed by atoms with Gasteiger partial charge in [0.25, 0.3) is 0 Å². The molecule has 0 unspecified atom stereocenters. The lowest BCUT2D eigenvalue weighted by Crippen LogP contribution is -2.20. The molecule has 1 amide bonds. The maximum atomic E-state index is 12.0. The zero-order valence-corrected chi connectivity index (χ0v) is 13.3. The Balaban J connectivity index is 1.53. The Morgan fingerprint density at radius 2 is 2.05 bits per heavy atom. The summed E-state index contributed by atoms with van der Waals surface area (Å²) in [6.07, 6.45) is 6.58. The molecule has 2 aliphatic carbocycles. The first-order valence-corrected chi connectivity index (χ1v) is 9.71. The Labute approximate surface area is 127 Å². The van der Waals surface area contributed by atoms with E-state index in [2.05, 4.69) is 20.2 Å². The van der Waals surface area contributed by atoms with E-state index in [-0.39, 0.29) is 11.0 Å². The maximum absolute atomic E-state index is 12.0. The minimum absolute atomic E-state index is 0.0606. The van der Waals surface area contributed by atoms with Gasteiger partial charge in [0.15, 0.2) is 0 Å². The minimum Gasteiger partial charge on any atom is -0.300 e. The van der Waals surface area contributed by atoms with Crippen molar-refractivity contribution in [2.24, 2.45) is 17.8 Å². The zero-order valence-electron chi connectivity index (χ0n) is 11.7. The molecule has 3 rings (SSSR count). The predicted molar refractivity (Wildman–Crippen MR) is 80.6 cm³/mol. The second-order valence-electron chi connectivity index (χ2n) is 5.97. The Hall–Kier alpha value is -1.22. The second-order valence-corrected chi connectivity index (χ2v) is 8.70. The van der Waals surface area contributed by atoms with Crippen LogP contribution in [0.2, 0.25) is 0 Å². The number of hydrogen-bond donors (Lipinski definition) is 2. The highest BCUT2D eigenvalue weighted by Gasteiger charge is 2.40. The van der Waals surface area contributed by atoms with Gasteiger partial charge in [0.05, 0.1) is 6.26 Å². The molecule has 0 aromatic carbocycles. The molecule has 2 bridgehead atoms. The molecular formula is C12H18N4O3S2. The van der Waals surface area contributed by atoms with Gasteiger partial charge in [0.2, 0.25) is 26.2 Å². The van der Waals surface area contributed by atoms with Gasteiger partial charge < -0.3 is 5.32 Å². The van der Waals surface area contributed by atoms with Crippen LogP contribution in [0.25, 0.3) is 0 Å². The van der Waals surface area contributed by atoms with Gasteiger partial charge in [-0.25, -0.2) is 8.42 Å². The van der Waals surface area contributed by atoms with Gasteiger partial charge in [-0.05, 0) is 37.0 Å². The van der Waals surface area contributed by atoms with Crippen molar-refractivity contribution in [1.82, 2.24) is 10.2 Å². The quantitative estimate of drug-likeness (QED) is 0.855. The number of nitrogens with zero attached hydrogens (tertiary/aromatic N) is 2. The molecule has 2 aliphatic rings. The minimum atomic E-state index is -3.37. The molecule has 0 saturated heterocycles. The maximum Gasteiger partial charge on any atom is 0.231 e. The smallest absolute Gasteiger partial charge is 0.231 e. The van der Waals surface area contributed by atoms with E-state index in [1.165, 1.54) is 19.3 Å². The van der Waals surface area contributed by atoms with E-state index in [1.807, 2.05) is 0 Å². The number of hydrogen-bond acceptors (Lipinski definition) is 6. The van der Waals surface area contributed by atoms with Gasteiger partial charge in [0.1, 0.15) is 0 Å². The number of fused-ring (bicyclic) bond motifs is 2. The lowest BCUT2D eigenvalue weighted by atomic mass is 9.86. The van der Waals surface area contributed by atoms with E-state index >= 15 is 0 Å². The zero-order chi connectivity index (χ0) is 15.0. The van der Waals surface area contributed by atoms with Crippen molar-refractivity contribution in [3.63, 3.8) is 0 Å². The van der Waals surface area contributed by atoms with Crippen molar-refractivity contribution in [3.8, 4) is 0 Å². The number of carbonyl (C=O) groups is 1. The summed E-state index contributed by atoms with van der Waals surface area (Å²) < 4.78 is 24.4. The van der Waals surface area contributed by atoms with Gasteiger partial charge in [-0.2, -0.15) is 0 Å². The third-order valence-electron chi connectivity index (χ3n) is 4.28. The largest absolute Gasteiger partial charge is 0.300 e. The monoisotopic (exact) mass is 330 g/mol. The van der Waals surface area contributed by atoms with Crippen molar-refractivity contribution >= 4 is 37.5 Å². The molecule has 1 heterocycles. The molecule has 9 heteroatoms. The van der Waals surface area contributed by atoms with E-state index in [9.17, 15) is 13.2 Å². The summed E-state index contributed by atoms with van der Waals surface area (Å²) in [5.41, 5.74) is 0. The number of aromatic nitrogens is 2. The molecule has 116 valence electrons. The fraction of sp³-hybridized carbons (Fsp3) is 0.750. The summed E-state index contributed by atoms with van der Waals surface area (Å²) in [4.78, 5) is 12.0. The van der Waals surface area contributed by atoms with E-state index in [4.69, 9.17) is 0 Å². The van der Waals surface area contributed by atoms with Gasteiger partial charge in [0, 0.05) is 6.42 Å². The summed E-state index contributed by atoms with van der Waals surface area (Å²) in [6.45, 7) is 0.